The SMILES string of the molecule is Cc1cc(N2CCN(CN3C(=O)COc4ccccc43)CC2)nc(C)n1. The quantitative estimate of drug-likeness (QED) is 0.835. The first-order valence-corrected chi connectivity index (χ1v) is 8.92. The van der Waals surface area contributed by atoms with Gasteiger partial charge in [0.25, 0.3) is 5.91 Å². The topological polar surface area (TPSA) is 61.8 Å². The highest BCUT2D eigenvalue weighted by atomic mass is 16.5. The summed E-state index contributed by atoms with van der Waals surface area (Å²) in [7, 11) is 0. The van der Waals surface area contributed by atoms with Gasteiger partial charge in [-0.1, -0.05) is 12.1 Å². The molecule has 1 amide bonds. The summed E-state index contributed by atoms with van der Waals surface area (Å²) in [6.07, 6.45) is 0. The minimum absolute atomic E-state index is 0.00757. The first-order valence-electron chi connectivity index (χ1n) is 8.92. The monoisotopic (exact) mass is 353 g/mol. The summed E-state index contributed by atoms with van der Waals surface area (Å²) in [4.78, 5) is 27.7. The van der Waals surface area contributed by atoms with Crippen molar-refractivity contribution >= 4 is 17.4 Å². The number of hydrogen-bond donors (Lipinski definition) is 0. The molecule has 1 fully saturated rings. The summed E-state index contributed by atoms with van der Waals surface area (Å²) in [5.74, 6) is 2.58. The molecule has 3 heterocycles. The van der Waals surface area contributed by atoms with Crippen molar-refractivity contribution in [3.05, 3.63) is 41.9 Å². The molecule has 4 rings (SSSR count). The lowest BCUT2D eigenvalue weighted by Crippen LogP contribution is -2.53. The van der Waals surface area contributed by atoms with Crippen molar-refractivity contribution in [2.75, 3.05) is 49.3 Å². The van der Waals surface area contributed by atoms with Crippen molar-refractivity contribution in [1.82, 2.24) is 14.9 Å². The van der Waals surface area contributed by atoms with E-state index in [1.54, 1.807) is 0 Å². The van der Waals surface area contributed by atoms with Gasteiger partial charge in [-0.2, -0.15) is 0 Å². The third-order valence-corrected chi connectivity index (χ3v) is 4.80. The summed E-state index contributed by atoms with van der Waals surface area (Å²) < 4.78 is 5.52. The van der Waals surface area contributed by atoms with Gasteiger partial charge in [-0.15, -0.1) is 0 Å². The maximum absolute atomic E-state index is 12.3. The Bertz CT molecular complexity index is 797. The maximum Gasteiger partial charge on any atom is 0.266 e. The highest BCUT2D eigenvalue weighted by Gasteiger charge is 2.28. The van der Waals surface area contributed by atoms with E-state index in [0.717, 1.165) is 55.0 Å². The van der Waals surface area contributed by atoms with E-state index in [0.29, 0.717) is 6.67 Å². The largest absolute Gasteiger partial charge is 0.482 e. The molecule has 0 atom stereocenters. The summed E-state index contributed by atoms with van der Waals surface area (Å²) >= 11 is 0. The second kappa shape index (κ2) is 6.92. The Morgan fingerprint density at radius 2 is 1.85 bits per heavy atom. The smallest absolute Gasteiger partial charge is 0.266 e. The lowest BCUT2D eigenvalue weighted by molar-refractivity contribution is -0.121. The van der Waals surface area contributed by atoms with Crippen molar-refractivity contribution in [2.24, 2.45) is 0 Å². The van der Waals surface area contributed by atoms with Gasteiger partial charge >= 0.3 is 0 Å². The van der Waals surface area contributed by atoms with Gasteiger partial charge in [0.2, 0.25) is 0 Å². The zero-order valence-corrected chi connectivity index (χ0v) is 15.2. The van der Waals surface area contributed by atoms with Crippen LogP contribution in [0.15, 0.2) is 30.3 Å². The number of aromatic nitrogens is 2. The predicted octanol–water partition coefficient (Wildman–Crippen LogP) is 1.60. The van der Waals surface area contributed by atoms with E-state index in [-0.39, 0.29) is 12.5 Å². The molecule has 2 aromatic rings. The van der Waals surface area contributed by atoms with Gasteiger partial charge in [-0.25, -0.2) is 9.97 Å². The van der Waals surface area contributed by atoms with Gasteiger partial charge in [0.15, 0.2) is 6.61 Å². The molecule has 0 bridgehead atoms. The van der Waals surface area contributed by atoms with Gasteiger partial charge in [0, 0.05) is 37.9 Å². The van der Waals surface area contributed by atoms with Crippen LogP contribution >= 0.6 is 0 Å². The maximum atomic E-state index is 12.3. The molecular weight excluding hydrogens is 330 g/mol. The van der Waals surface area contributed by atoms with Crippen LogP contribution in [0.2, 0.25) is 0 Å². The summed E-state index contributed by atoms with van der Waals surface area (Å²) in [6.45, 7) is 8.16. The zero-order chi connectivity index (χ0) is 18.1. The number of nitrogens with zero attached hydrogens (tertiary/aromatic N) is 5. The Balaban J connectivity index is 1.42. The predicted molar refractivity (Wildman–Crippen MR) is 99.6 cm³/mol. The van der Waals surface area contributed by atoms with Crippen LogP contribution in [-0.4, -0.2) is 60.2 Å². The first kappa shape index (κ1) is 16.8. The van der Waals surface area contributed by atoms with Crippen LogP contribution in [-0.2, 0) is 4.79 Å². The lowest BCUT2D eigenvalue weighted by atomic mass is 10.2. The Morgan fingerprint density at radius 1 is 1.08 bits per heavy atom. The molecule has 1 aromatic heterocycles. The summed E-state index contributed by atoms with van der Waals surface area (Å²) in [6, 6.07) is 9.74. The number of aryl methyl sites for hydroxylation is 2. The Hall–Kier alpha value is -2.67. The molecule has 1 aromatic carbocycles. The minimum Gasteiger partial charge on any atom is -0.482 e. The highest BCUT2D eigenvalue weighted by molar-refractivity contribution is 5.97. The number of carbonyl (C=O) groups excluding carboxylic acids is 1. The summed E-state index contributed by atoms with van der Waals surface area (Å²) in [5, 5.41) is 0. The molecule has 2 aliphatic heterocycles. The molecule has 26 heavy (non-hydrogen) atoms. The number of amides is 1. The number of para-hydroxylation sites is 2. The number of benzene rings is 1. The van der Waals surface area contributed by atoms with Crippen LogP contribution in [0, 0.1) is 13.8 Å². The highest BCUT2D eigenvalue weighted by Crippen LogP contribution is 2.31. The van der Waals surface area contributed by atoms with E-state index in [2.05, 4.69) is 19.8 Å². The molecule has 2 aliphatic rings. The van der Waals surface area contributed by atoms with Crippen molar-refractivity contribution in [1.29, 1.82) is 0 Å². The normalized spacial score (nSPS) is 17.8. The fourth-order valence-electron chi connectivity index (χ4n) is 3.49. The Morgan fingerprint density at radius 3 is 2.62 bits per heavy atom. The minimum atomic E-state index is 0.00757. The number of ether oxygens (including phenoxy) is 1. The molecular formula is C19H23N5O2. The molecule has 7 heteroatoms. The van der Waals surface area contributed by atoms with E-state index in [4.69, 9.17) is 4.74 Å². The van der Waals surface area contributed by atoms with Crippen LogP contribution in [0.3, 0.4) is 0 Å². The van der Waals surface area contributed by atoms with Crippen molar-refractivity contribution in [2.45, 2.75) is 13.8 Å². The molecule has 0 spiro atoms. The molecule has 0 unspecified atom stereocenters. The second-order valence-corrected chi connectivity index (χ2v) is 6.74. The summed E-state index contributed by atoms with van der Waals surface area (Å²) in [5.41, 5.74) is 1.85. The second-order valence-electron chi connectivity index (χ2n) is 6.74. The van der Waals surface area contributed by atoms with Crippen LogP contribution in [0.4, 0.5) is 11.5 Å². The number of fused-ring (bicyclic) bond motifs is 1. The molecule has 0 radical (unpaired) electrons. The van der Waals surface area contributed by atoms with E-state index in [9.17, 15) is 4.79 Å². The van der Waals surface area contributed by atoms with Crippen molar-refractivity contribution < 1.29 is 9.53 Å². The third-order valence-electron chi connectivity index (χ3n) is 4.80. The van der Waals surface area contributed by atoms with E-state index >= 15 is 0 Å². The third kappa shape index (κ3) is 3.35. The van der Waals surface area contributed by atoms with E-state index in [1.165, 1.54) is 0 Å². The van der Waals surface area contributed by atoms with Crippen LogP contribution < -0.4 is 14.5 Å². The first-order chi connectivity index (χ1) is 12.6. The Labute approximate surface area is 153 Å². The average Bonchev–Trinajstić information content (AvgIpc) is 2.64. The number of rotatable bonds is 3. The number of piperazine rings is 1. The number of hydrogen-bond acceptors (Lipinski definition) is 6. The standard InChI is InChI=1S/C19H23N5O2/c1-14-11-18(21-15(2)20-14)23-9-7-22(8-10-23)13-24-16-5-3-4-6-17(16)26-12-19(24)25/h3-6,11H,7-10,12-13H2,1-2H3. The number of carbonyl (C=O) groups is 1. The molecule has 0 saturated carbocycles. The van der Waals surface area contributed by atoms with Gasteiger partial charge in [0.05, 0.1) is 12.4 Å². The average molecular weight is 353 g/mol. The van der Waals surface area contributed by atoms with Gasteiger partial charge in [-0.3, -0.25) is 14.6 Å². The molecule has 1 saturated heterocycles. The van der Waals surface area contributed by atoms with Crippen LogP contribution in [0.25, 0.3) is 0 Å². The Kier molecular flexibility index (Phi) is 4.46. The molecule has 7 nitrogen and oxygen atoms in total. The van der Waals surface area contributed by atoms with Crippen LogP contribution in [0.1, 0.15) is 11.5 Å². The molecule has 0 N–H and O–H groups in total. The number of anilines is 2. The zero-order valence-electron chi connectivity index (χ0n) is 15.2. The molecule has 136 valence electrons. The van der Waals surface area contributed by atoms with Gasteiger partial charge in [-0.05, 0) is 26.0 Å². The van der Waals surface area contributed by atoms with Gasteiger partial charge < -0.3 is 9.64 Å². The van der Waals surface area contributed by atoms with E-state index < -0.39 is 0 Å². The van der Waals surface area contributed by atoms with E-state index in [1.807, 2.05) is 49.1 Å². The fourth-order valence-corrected chi connectivity index (χ4v) is 3.49. The van der Waals surface area contributed by atoms with Crippen LogP contribution in [0.5, 0.6) is 5.75 Å². The van der Waals surface area contributed by atoms with Crippen molar-refractivity contribution in [3.63, 3.8) is 0 Å². The fraction of sp³-hybridized carbons (Fsp3) is 0.421. The van der Waals surface area contributed by atoms with Gasteiger partial charge in [0.1, 0.15) is 17.4 Å². The van der Waals surface area contributed by atoms with Crippen molar-refractivity contribution in [3.8, 4) is 5.75 Å². The lowest BCUT2D eigenvalue weighted by Gasteiger charge is -2.39. The molecule has 0 aliphatic carbocycles.